The van der Waals surface area contributed by atoms with Crippen molar-refractivity contribution in [2.75, 3.05) is 0 Å². The molecule has 1 fully saturated rings. The van der Waals surface area contributed by atoms with Gasteiger partial charge in [-0.15, -0.1) is 0 Å². The van der Waals surface area contributed by atoms with Crippen molar-refractivity contribution in [2.24, 2.45) is 17.8 Å². The minimum absolute atomic E-state index is 0.000627. The molecular weight excluding hydrogens is 388 g/mol. The van der Waals surface area contributed by atoms with Crippen LogP contribution in [0, 0.1) is 41.0 Å². The highest BCUT2D eigenvalue weighted by atomic mass is 19.2. The number of halogens is 4. The molecule has 2 unspecified atom stereocenters. The molecule has 0 heterocycles. The maximum Gasteiger partial charge on any atom is 0.194 e. The fraction of sp³-hybridized carbons (Fsp3) is 0.538. The van der Waals surface area contributed by atoms with Crippen molar-refractivity contribution in [3.8, 4) is 11.1 Å². The van der Waals surface area contributed by atoms with Crippen molar-refractivity contribution in [3.05, 3.63) is 59.2 Å². The lowest BCUT2D eigenvalue weighted by Crippen LogP contribution is -2.21. The van der Waals surface area contributed by atoms with Crippen LogP contribution in [0.15, 0.2) is 30.3 Å². The van der Waals surface area contributed by atoms with E-state index in [0.29, 0.717) is 5.92 Å². The average molecular weight is 421 g/mol. The summed E-state index contributed by atoms with van der Waals surface area (Å²) >= 11 is 0. The molecule has 2 aromatic carbocycles. The van der Waals surface area contributed by atoms with E-state index in [1.54, 1.807) is 0 Å². The molecule has 30 heavy (non-hydrogen) atoms. The van der Waals surface area contributed by atoms with E-state index in [9.17, 15) is 17.6 Å². The summed E-state index contributed by atoms with van der Waals surface area (Å²) < 4.78 is 54.9. The Balaban J connectivity index is 1.67. The third-order valence-corrected chi connectivity index (χ3v) is 7.08. The van der Waals surface area contributed by atoms with Gasteiger partial charge < -0.3 is 0 Å². The summed E-state index contributed by atoms with van der Waals surface area (Å²) in [4.78, 5) is 0. The topological polar surface area (TPSA) is 0 Å². The van der Waals surface area contributed by atoms with Gasteiger partial charge in [-0.25, -0.2) is 17.6 Å². The Kier molecular flexibility index (Phi) is 7.60. The van der Waals surface area contributed by atoms with Crippen LogP contribution in [0.1, 0.15) is 77.2 Å². The fourth-order valence-electron chi connectivity index (χ4n) is 4.94. The van der Waals surface area contributed by atoms with Crippen LogP contribution in [0.25, 0.3) is 11.1 Å². The maximum absolute atomic E-state index is 14.7. The molecule has 1 saturated carbocycles. The standard InChI is InChI=1S/C26H32F4/c1-4-18(19-8-5-16(2)6-9-19)10-7-17(3)20-11-12-22(23(27)13-20)21-14-24(28)26(30)25(29)15-21/h11-19H,4-10H2,1-3H3. The highest BCUT2D eigenvalue weighted by Crippen LogP contribution is 2.38. The summed E-state index contributed by atoms with van der Waals surface area (Å²) in [5.41, 5.74) is 0.957. The third kappa shape index (κ3) is 5.25. The zero-order valence-corrected chi connectivity index (χ0v) is 18.2. The van der Waals surface area contributed by atoms with Gasteiger partial charge in [0.1, 0.15) is 5.82 Å². The summed E-state index contributed by atoms with van der Waals surface area (Å²) in [5.74, 6) is -2.14. The molecule has 0 aliphatic heterocycles. The van der Waals surface area contributed by atoms with Crippen LogP contribution in [0.2, 0.25) is 0 Å². The maximum atomic E-state index is 14.7. The fourth-order valence-corrected chi connectivity index (χ4v) is 4.94. The second-order valence-corrected chi connectivity index (χ2v) is 9.16. The van der Waals surface area contributed by atoms with Gasteiger partial charge in [-0.1, -0.05) is 52.2 Å². The minimum atomic E-state index is -1.54. The molecule has 0 radical (unpaired) electrons. The van der Waals surface area contributed by atoms with Crippen LogP contribution in [-0.2, 0) is 0 Å². The summed E-state index contributed by atoms with van der Waals surface area (Å²) in [5, 5.41) is 0. The Morgan fingerprint density at radius 2 is 1.50 bits per heavy atom. The number of hydrogen-bond acceptors (Lipinski definition) is 0. The monoisotopic (exact) mass is 420 g/mol. The van der Waals surface area contributed by atoms with Gasteiger partial charge >= 0.3 is 0 Å². The second-order valence-electron chi connectivity index (χ2n) is 9.16. The van der Waals surface area contributed by atoms with Crippen LogP contribution in [-0.4, -0.2) is 0 Å². The zero-order chi connectivity index (χ0) is 21.8. The lowest BCUT2D eigenvalue weighted by atomic mass is 9.73. The lowest BCUT2D eigenvalue weighted by molar-refractivity contribution is 0.194. The Labute approximate surface area is 177 Å². The Morgan fingerprint density at radius 3 is 2.07 bits per heavy atom. The van der Waals surface area contributed by atoms with E-state index >= 15 is 0 Å². The van der Waals surface area contributed by atoms with Gasteiger partial charge in [-0.05, 0) is 78.7 Å². The van der Waals surface area contributed by atoms with Gasteiger partial charge in [0, 0.05) is 5.56 Å². The van der Waals surface area contributed by atoms with Crippen molar-refractivity contribution in [1.82, 2.24) is 0 Å². The predicted octanol–water partition coefficient (Wildman–Crippen LogP) is 8.65. The first-order chi connectivity index (χ1) is 14.3. The number of hydrogen-bond donors (Lipinski definition) is 0. The summed E-state index contributed by atoms with van der Waals surface area (Å²) in [6.07, 6.45) is 8.60. The van der Waals surface area contributed by atoms with E-state index in [0.717, 1.165) is 42.4 Å². The van der Waals surface area contributed by atoms with Gasteiger partial charge in [0.25, 0.3) is 0 Å². The van der Waals surface area contributed by atoms with Crippen LogP contribution >= 0.6 is 0 Å². The first-order valence-corrected chi connectivity index (χ1v) is 11.2. The first kappa shape index (κ1) is 22.8. The molecule has 0 amide bonds. The van der Waals surface area contributed by atoms with Crippen molar-refractivity contribution in [3.63, 3.8) is 0 Å². The molecule has 0 spiro atoms. The largest absolute Gasteiger partial charge is 0.206 e. The van der Waals surface area contributed by atoms with Crippen LogP contribution in [0.3, 0.4) is 0 Å². The van der Waals surface area contributed by atoms with E-state index in [1.165, 1.54) is 44.2 Å². The number of benzene rings is 2. The molecule has 2 atom stereocenters. The zero-order valence-electron chi connectivity index (χ0n) is 18.2. The van der Waals surface area contributed by atoms with Gasteiger partial charge in [-0.2, -0.15) is 0 Å². The van der Waals surface area contributed by atoms with Crippen molar-refractivity contribution < 1.29 is 17.6 Å². The molecule has 0 nitrogen and oxygen atoms in total. The van der Waals surface area contributed by atoms with Crippen molar-refractivity contribution in [1.29, 1.82) is 0 Å². The third-order valence-electron chi connectivity index (χ3n) is 7.08. The molecule has 3 rings (SSSR count). The Bertz CT molecular complexity index is 829. The average Bonchev–Trinajstić information content (AvgIpc) is 2.73. The molecule has 1 aliphatic carbocycles. The minimum Gasteiger partial charge on any atom is -0.206 e. The van der Waals surface area contributed by atoms with Crippen LogP contribution < -0.4 is 0 Å². The van der Waals surface area contributed by atoms with Gasteiger partial charge in [0.05, 0.1) is 0 Å². The van der Waals surface area contributed by atoms with E-state index in [2.05, 4.69) is 20.8 Å². The molecule has 1 aliphatic rings. The highest BCUT2D eigenvalue weighted by molar-refractivity contribution is 5.64. The molecule has 4 heteroatoms. The molecule has 2 aromatic rings. The van der Waals surface area contributed by atoms with E-state index in [1.807, 2.05) is 6.07 Å². The summed E-state index contributed by atoms with van der Waals surface area (Å²) in [6.45, 7) is 6.70. The van der Waals surface area contributed by atoms with Crippen molar-refractivity contribution in [2.45, 2.75) is 71.6 Å². The normalized spacial score (nSPS) is 21.4. The molecule has 0 aromatic heterocycles. The predicted molar refractivity (Wildman–Crippen MR) is 114 cm³/mol. The molecule has 0 N–H and O–H groups in total. The van der Waals surface area contributed by atoms with E-state index in [4.69, 9.17) is 0 Å². The quantitative estimate of drug-likeness (QED) is 0.310. The molecule has 0 bridgehead atoms. The van der Waals surface area contributed by atoms with Crippen LogP contribution in [0.5, 0.6) is 0 Å². The Hall–Kier alpha value is -1.84. The van der Waals surface area contributed by atoms with Crippen molar-refractivity contribution >= 4 is 0 Å². The van der Waals surface area contributed by atoms with Gasteiger partial charge in [0.15, 0.2) is 17.5 Å². The summed E-state index contributed by atoms with van der Waals surface area (Å²) in [6, 6.07) is 6.45. The van der Waals surface area contributed by atoms with Gasteiger partial charge in [-0.3, -0.25) is 0 Å². The van der Waals surface area contributed by atoms with E-state index < -0.39 is 23.3 Å². The second kappa shape index (κ2) is 9.98. The molecule has 0 saturated heterocycles. The smallest absolute Gasteiger partial charge is 0.194 e. The molecular formula is C26H32F4. The first-order valence-electron chi connectivity index (χ1n) is 11.2. The summed E-state index contributed by atoms with van der Waals surface area (Å²) in [7, 11) is 0. The Morgan fingerprint density at radius 1 is 0.867 bits per heavy atom. The lowest BCUT2D eigenvalue weighted by Gasteiger charge is -2.33. The van der Waals surface area contributed by atoms with Crippen LogP contribution in [0.4, 0.5) is 17.6 Å². The number of rotatable bonds is 7. The van der Waals surface area contributed by atoms with E-state index in [-0.39, 0.29) is 17.0 Å². The highest BCUT2D eigenvalue weighted by Gasteiger charge is 2.25. The van der Waals surface area contributed by atoms with Gasteiger partial charge in [0.2, 0.25) is 0 Å². The molecule has 164 valence electrons. The SMILES string of the molecule is CCC(CCC(C)c1ccc(-c2cc(F)c(F)c(F)c2)c(F)c1)C1CCC(C)CC1.